The molecule has 90 valence electrons. The summed E-state index contributed by atoms with van der Waals surface area (Å²) in [5.74, 6) is -0.361. The van der Waals surface area contributed by atoms with E-state index < -0.39 is 11.6 Å². The van der Waals surface area contributed by atoms with Gasteiger partial charge in [-0.25, -0.2) is 0 Å². The molecule has 0 saturated carbocycles. The molecule has 0 aliphatic heterocycles. The van der Waals surface area contributed by atoms with Crippen molar-refractivity contribution >= 4 is 5.97 Å². The second-order valence-electron chi connectivity index (χ2n) is 4.70. The first-order valence-electron chi connectivity index (χ1n) is 5.34. The number of carbonyl (C=O) groups excluding carboxylic acids is 1. The highest BCUT2D eigenvalue weighted by molar-refractivity contribution is 5.75. The lowest BCUT2D eigenvalue weighted by Crippen LogP contribution is -2.38. The Hall–Kier alpha value is -1.36. The van der Waals surface area contributed by atoms with Crippen molar-refractivity contribution in [3.8, 4) is 0 Å². The van der Waals surface area contributed by atoms with Crippen LogP contribution in [0.5, 0.6) is 0 Å². The Morgan fingerprint density at radius 2 is 2.25 bits per heavy atom. The van der Waals surface area contributed by atoms with E-state index in [2.05, 4.69) is 5.10 Å². The van der Waals surface area contributed by atoms with E-state index in [0.29, 0.717) is 13.0 Å². The number of aromatic nitrogens is 2. The van der Waals surface area contributed by atoms with Crippen molar-refractivity contribution in [3.05, 3.63) is 18.5 Å². The molecular formula is C11H19N3O2. The molecule has 0 spiro atoms. The van der Waals surface area contributed by atoms with Crippen molar-refractivity contribution in [3.63, 3.8) is 0 Å². The Morgan fingerprint density at radius 3 is 2.75 bits per heavy atom. The number of nitrogens with two attached hydrogens (primary N) is 1. The average molecular weight is 225 g/mol. The summed E-state index contributed by atoms with van der Waals surface area (Å²) >= 11 is 0. The predicted molar refractivity (Wildman–Crippen MR) is 60.7 cm³/mol. The van der Waals surface area contributed by atoms with E-state index >= 15 is 0 Å². The van der Waals surface area contributed by atoms with Crippen molar-refractivity contribution in [2.75, 3.05) is 0 Å². The number of hydrogen-bond donors (Lipinski definition) is 1. The van der Waals surface area contributed by atoms with Gasteiger partial charge in [-0.05, 0) is 33.3 Å². The zero-order chi connectivity index (χ0) is 12.2. The highest BCUT2D eigenvalue weighted by Gasteiger charge is 2.21. The number of aryl methyl sites for hydroxylation is 1. The van der Waals surface area contributed by atoms with Crippen molar-refractivity contribution in [1.82, 2.24) is 9.78 Å². The smallest absolute Gasteiger partial charge is 0.323 e. The molecule has 1 aromatic heterocycles. The molecule has 1 atom stereocenters. The van der Waals surface area contributed by atoms with E-state index in [0.717, 1.165) is 0 Å². The first kappa shape index (κ1) is 12.7. The van der Waals surface area contributed by atoms with Crippen LogP contribution >= 0.6 is 0 Å². The maximum atomic E-state index is 11.5. The average Bonchev–Trinajstić information content (AvgIpc) is 2.63. The summed E-state index contributed by atoms with van der Waals surface area (Å²) in [5.41, 5.74) is 5.24. The standard InChI is InChI=1S/C11H19N3O2/c1-11(2,3)16-10(15)9(12)5-8-14-7-4-6-13-14/h4,6-7,9H,5,8,12H2,1-3H3. The molecule has 5 heteroatoms. The molecule has 0 saturated heterocycles. The Morgan fingerprint density at radius 1 is 1.56 bits per heavy atom. The molecule has 5 nitrogen and oxygen atoms in total. The lowest BCUT2D eigenvalue weighted by atomic mass is 10.1. The third kappa shape index (κ3) is 4.44. The maximum absolute atomic E-state index is 11.5. The molecule has 0 amide bonds. The van der Waals surface area contributed by atoms with E-state index in [9.17, 15) is 4.79 Å². The summed E-state index contributed by atoms with van der Waals surface area (Å²) in [7, 11) is 0. The molecule has 1 aromatic rings. The molecule has 1 rings (SSSR count). The van der Waals surface area contributed by atoms with Gasteiger partial charge in [0.25, 0.3) is 0 Å². The number of hydrogen-bond acceptors (Lipinski definition) is 4. The first-order chi connectivity index (χ1) is 7.38. The van der Waals surface area contributed by atoms with Gasteiger partial charge in [0.15, 0.2) is 0 Å². The normalized spacial score (nSPS) is 13.5. The summed E-state index contributed by atoms with van der Waals surface area (Å²) in [4.78, 5) is 11.5. The van der Waals surface area contributed by atoms with Crippen molar-refractivity contribution in [1.29, 1.82) is 0 Å². The Labute approximate surface area is 95.6 Å². The molecule has 1 heterocycles. The van der Waals surface area contributed by atoms with Crippen LogP contribution in [0.15, 0.2) is 18.5 Å². The number of ether oxygens (including phenoxy) is 1. The zero-order valence-electron chi connectivity index (χ0n) is 10.0. The van der Waals surface area contributed by atoms with Crippen LogP contribution in [0.3, 0.4) is 0 Å². The maximum Gasteiger partial charge on any atom is 0.323 e. The van der Waals surface area contributed by atoms with E-state index in [1.807, 2.05) is 33.0 Å². The van der Waals surface area contributed by atoms with Crippen molar-refractivity contribution in [2.24, 2.45) is 5.73 Å². The van der Waals surface area contributed by atoms with Gasteiger partial charge in [0.05, 0.1) is 0 Å². The second kappa shape index (κ2) is 5.12. The fourth-order valence-electron chi connectivity index (χ4n) is 1.20. The lowest BCUT2D eigenvalue weighted by Gasteiger charge is -2.22. The van der Waals surface area contributed by atoms with Crippen LogP contribution in [0, 0.1) is 0 Å². The van der Waals surface area contributed by atoms with Crippen LogP contribution in [-0.4, -0.2) is 27.4 Å². The summed E-state index contributed by atoms with van der Waals surface area (Å²) in [5, 5.41) is 4.03. The minimum atomic E-state index is -0.594. The predicted octanol–water partition coefficient (Wildman–Crippen LogP) is 0.942. The van der Waals surface area contributed by atoms with Gasteiger partial charge in [0, 0.05) is 18.9 Å². The highest BCUT2D eigenvalue weighted by atomic mass is 16.6. The van der Waals surface area contributed by atoms with Crippen LogP contribution < -0.4 is 5.73 Å². The molecule has 0 aliphatic carbocycles. The molecular weight excluding hydrogens is 206 g/mol. The Bertz CT molecular complexity index is 327. The minimum absolute atomic E-state index is 0.361. The molecule has 0 fully saturated rings. The van der Waals surface area contributed by atoms with E-state index in [1.165, 1.54) is 0 Å². The summed E-state index contributed by atoms with van der Waals surface area (Å²) in [6, 6.07) is 1.24. The van der Waals surface area contributed by atoms with Crippen molar-refractivity contribution < 1.29 is 9.53 Å². The monoisotopic (exact) mass is 225 g/mol. The van der Waals surface area contributed by atoms with Gasteiger partial charge in [0.1, 0.15) is 11.6 Å². The third-order valence-electron chi connectivity index (χ3n) is 1.94. The fourth-order valence-corrected chi connectivity index (χ4v) is 1.20. The highest BCUT2D eigenvalue weighted by Crippen LogP contribution is 2.09. The van der Waals surface area contributed by atoms with Gasteiger partial charge in [-0.1, -0.05) is 0 Å². The Balaban J connectivity index is 2.35. The molecule has 0 bridgehead atoms. The van der Waals surface area contributed by atoms with Crippen molar-refractivity contribution in [2.45, 2.75) is 45.4 Å². The van der Waals surface area contributed by atoms with Gasteiger partial charge >= 0.3 is 5.97 Å². The topological polar surface area (TPSA) is 70.1 Å². The van der Waals surface area contributed by atoms with Gasteiger partial charge in [-0.3, -0.25) is 9.48 Å². The second-order valence-corrected chi connectivity index (χ2v) is 4.70. The molecule has 0 radical (unpaired) electrons. The molecule has 1 unspecified atom stereocenters. The molecule has 0 aromatic carbocycles. The van der Waals surface area contributed by atoms with Crippen LogP contribution in [0.4, 0.5) is 0 Å². The number of nitrogens with zero attached hydrogens (tertiary/aromatic N) is 2. The van der Waals surface area contributed by atoms with E-state index in [-0.39, 0.29) is 5.97 Å². The minimum Gasteiger partial charge on any atom is -0.459 e. The van der Waals surface area contributed by atoms with E-state index in [1.54, 1.807) is 10.9 Å². The lowest BCUT2D eigenvalue weighted by molar-refractivity contribution is -0.156. The van der Waals surface area contributed by atoms with Crippen LogP contribution in [-0.2, 0) is 16.1 Å². The molecule has 0 aliphatic rings. The number of rotatable bonds is 4. The quantitative estimate of drug-likeness (QED) is 0.774. The van der Waals surface area contributed by atoms with Crippen LogP contribution in [0.2, 0.25) is 0 Å². The van der Waals surface area contributed by atoms with Crippen LogP contribution in [0.25, 0.3) is 0 Å². The number of carbonyl (C=O) groups is 1. The molecule has 16 heavy (non-hydrogen) atoms. The summed E-state index contributed by atoms with van der Waals surface area (Å²) in [6.07, 6.45) is 4.05. The molecule has 2 N–H and O–H groups in total. The first-order valence-corrected chi connectivity index (χ1v) is 5.34. The Kier molecular flexibility index (Phi) is 4.06. The van der Waals surface area contributed by atoms with E-state index in [4.69, 9.17) is 10.5 Å². The summed E-state index contributed by atoms with van der Waals surface area (Å²) in [6.45, 7) is 6.09. The number of esters is 1. The summed E-state index contributed by atoms with van der Waals surface area (Å²) < 4.78 is 6.92. The van der Waals surface area contributed by atoms with Gasteiger partial charge in [-0.15, -0.1) is 0 Å². The third-order valence-corrected chi connectivity index (χ3v) is 1.94. The van der Waals surface area contributed by atoms with Gasteiger partial charge in [-0.2, -0.15) is 5.10 Å². The SMILES string of the molecule is CC(C)(C)OC(=O)C(N)CCn1cccn1. The fraction of sp³-hybridized carbons (Fsp3) is 0.636. The largest absolute Gasteiger partial charge is 0.459 e. The van der Waals surface area contributed by atoms with Crippen LogP contribution in [0.1, 0.15) is 27.2 Å². The van der Waals surface area contributed by atoms with Gasteiger partial charge in [0.2, 0.25) is 0 Å². The zero-order valence-corrected chi connectivity index (χ0v) is 10.0. The van der Waals surface area contributed by atoms with Gasteiger partial charge < -0.3 is 10.5 Å².